The highest BCUT2D eigenvalue weighted by atomic mass is 16.2. The van der Waals surface area contributed by atoms with Crippen LogP contribution in [0.25, 0.3) is 0 Å². The number of Topliss-reactive ketones (excluding diaryl/α,β-unsaturated/α-hetero) is 1. The van der Waals surface area contributed by atoms with Gasteiger partial charge in [0.1, 0.15) is 11.4 Å². The summed E-state index contributed by atoms with van der Waals surface area (Å²) in [6.45, 7) is 10.8. The summed E-state index contributed by atoms with van der Waals surface area (Å²) in [6.07, 6.45) is 1.52. The van der Waals surface area contributed by atoms with Gasteiger partial charge in [0, 0.05) is 50.8 Å². The second-order valence-corrected chi connectivity index (χ2v) is 7.50. The summed E-state index contributed by atoms with van der Waals surface area (Å²) in [4.78, 5) is 40.7. The van der Waals surface area contributed by atoms with Crippen molar-refractivity contribution in [3.63, 3.8) is 0 Å². The molecule has 0 radical (unpaired) electrons. The van der Waals surface area contributed by atoms with Gasteiger partial charge in [0.25, 0.3) is 0 Å². The van der Waals surface area contributed by atoms with Crippen molar-refractivity contribution < 1.29 is 14.4 Å². The standard InChI is InChI=1S/C12H13N3O2.C5H11NO/c16-9-7-8(13-1-2-13)12(17)11(15-5-6-15)10(9)14-3-4-14;1-5(2,3)4(6)7/h7H,1-6H2;1-3H3,(H2,6,7). The number of carbonyl (C=O) groups excluding carboxylic acids is 3. The van der Waals surface area contributed by atoms with Crippen LogP contribution in [0.15, 0.2) is 23.2 Å². The molecule has 0 aromatic heterocycles. The highest BCUT2D eigenvalue weighted by Crippen LogP contribution is 2.33. The van der Waals surface area contributed by atoms with Crippen LogP contribution >= 0.6 is 0 Å². The maximum atomic E-state index is 12.4. The minimum atomic E-state index is -0.361. The molecule has 4 aliphatic rings. The Morgan fingerprint density at radius 1 is 0.917 bits per heavy atom. The fraction of sp³-hybridized carbons (Fsp3) is 0.588. The zero-order valence-corrected chi connectivity index (χ0v) is 14.5. The molecule has 0 bridgehead atoms. The monoisotopic (exact) mass is 332 g/mol. The number of nitrogens with two attached hydrogens (primary N) is 1. The van der Waals surface area contributed by atoms with E-state index in [0.717, 1.165) is 39.3 Å². The molecular weight excluding hydrogens is 308 g/mol. The summed E-state index contributed by atoms with van der Waals surface area (Å²) in [5.74, 6) is -0.208. The van der Waals surface area contributed by atoms with E-state index in [0.29, 0.717) is 17.1 Å². The first-order chi connectivity index (χ1) is 11.2. The third kappa shape index (κ3) is 3.44. The van der Waals surface area contributed by atoms with E-state index in [-0.39, 0.29) is 22.9 Å². The Labute approximate surface area is 141 Å². The molecule has 3 fully saturated rings. The molecule has 0 aromatic rings. The Hall–Kier alpha value is -2.31. The van der Waals surface area contributed by atoms with Crippen molar-refractivity contribution in [2.24, 2.45) is 11.1 Å². The second kappa shape index (κ2) is 5.65. The Bertz CT molecular complexity index is 660. The lowest BCUT2D eigenvalue weighted by atomic mass is 9.96. The lowest BCUT2D eigenvalue weighted by Gasteiger charge is -2.21. The molecule has 7 heteroatoms. The van der Waals surface area contributed by atoms with E-state index >= 15 is 0 Å². The molecule has 24 heavy (non-hydrogen) atoms. The average molecular weight is 332 g/mol. The molecule has 1 aliphatic carbocycles. The van der Waals surface area contributed by atoms with Crippen LogP contribution < -0.4 is 5.73 Å². The van der Waals surface area contributed by atoms with Gasteiger partial charge in [-0.2, -0.15) is 0 Å². The van der Waals surface area contributed by atoms with E-state index in [2.05, 4.69) is 0 Å². The third-order valence-corrected chi connectivity index (χ3v) is 4.23. The normalized spacial score (nSPS) is 22.1. The van der Waals surface area contributed by atoms with Gasteiger partial charge in [0.2, 0.25) is 17.5 Å². The van der Waals surface area contributed by atoms with Gasteiger partial charge in [-0.25, -0.2) is 0 Å². The van der Waals surface area contributed by atoms with Crippen LogP contribution in [0.3, 0.4) is 0 Å². The van der Waals surface area contributed by atoms with Crippen molar-refractivity contribution in [3.8, 4) is 0 Å². The molecule has 0 spiro atoms. The highest BCUT2D eigenvalue weighted by molar-refractivity contribution is 6.22. The molecule has 0 saturated carbocycles. The molecule has 2 N–H and O–H groups in total. The quantitative estimate of drug-likeness (QED) is 0.564. The van der Waals surface area contributed by atoms with Crippen LogP contribution in [0, 0.1) is 5.41 Å². The van der Waals surface area contributed by atoms with Crippen molar-refractivity contribution in [3.05, 3.63) is 23.2 Å². The topological polar surface area (TPSA) is 86.3 Å². The van der Waals surface area contributed by atoms with Gasteiger partial charge < -0.3 is 20.4 Å². The van der Waals surface area contributed by atoms with E-state index in [1.807, 2.05) is 14.7 Å². The van der Waals surface area contributed by atoms with Crippen LogP contribution in [0.4, 0.5) is 0 Å². The molecule has 0 aromatic carbocycles. The van der Waals surface area contributed by atoms with Gasteiger partial charge >= 0.3 is 0 Å². The second-order valence-electron chi connectivity index (χ2n) is 7.50. The average Bonchev–Trinajstić information content (AvgIpc) is 3.36. The summed E-state index contributed by atoms with van der Waals surface area (Å²) in [5.41, 5.74) is 6.46. The lowest BCUT2D eigenvalue weighted by molar-refractivity contribution is -0.125. The van der Waals surface area contributed by atoms with Crippen molar-refractivity contribution in [2.45, 2.75) is 20.8 Å². The molecule has 1 amide bonds. The van der Waals surface area contributed by atoms with Crippen molar-refractivity contribution in [1.29, 1.82) is 0 Å². The summed E-state index contributed by atoms with van der Waals surface area (Å²) in [7, 11) is 0. The zero-order valence-electron chi connectivity index (χ0n) is 14.5. The fourth-order valence-corrected chi connectivity index (χ4v) is 2.28. The summed E-state index contributed by atoms with van der Waals surface area (Å²) >= 11 is 0. The van der Waals surface area contributed by atoms with Gasteiger partial charge in [-0.1, -0.05) is 20.8 Å². The van der Waals surface area contributed by atoms with E-state index in [9.17, 15) is 14.4 Å². The molecule has 3 saturated heterocycles. The number of primary amides is 1. The highest BCUT2D eigenvalue weighted by Gasteiger charge is 2.43. The smallest absolute Gasteiger partial charge is 0.227 e. The minimum Gasteiger partial charge on any atom is -0.369 e. The molecule has 0 unspecified atom stereocenters. The molecule has 3 aliphatic heterocycles. The summed E-state index contributed by atoms with van der Waals surface area (Å²) in [6, 6.07) is 0. The molecule has 3 heterocycles. The van der Waals surface area contributed by atoms with Gasteiger partial charge in [-0.3, -0.25) is 14.4 Å². The first kappa shape index (κ1) is 16.5. The SMILES string of the molecule is CC(C)(C)C(N)=O.O=C1C=C(N2CC2)C(=O)C(N2CC2)=C1N1CC1. The Morgan fingerprint density at radius 2 is 1.33 bits per heavy atom. The number of nitrogens with zero attached hydrogens (tertiary/aromatic N) is 3. The van der Waals surface area contributed by atoms with Crippen LogP contribution in [-0.2, 0) is 14.4 Å². The molecule has 7 nitrogen and oxygen atoms in total. The molecule has 130 valence electrons. The zero-order chi connectivity index (χ0) is 17.6. The largest absolute Gasteiger partial charge is 0.369 e. The molecule has 4 rings (SSSR count). The number of hydrogen-bond donors (Lipinski definition) is 1. The van der Waals surface area contributed by atoms with E-state index < -0.39 is 0 Å². The minimum absolute atomic E-state index is 0.00546. The van der Waals surface area contributed by atoms with Gasteiger partial charge in [0.15, 0.2) is 0 Å². The van der Waals surface area contributed by atoms with Crippen molar-refractivity contribution in [1.82, 2.24) is 14.7 Å². The molecule has 0 atom stereocenters. The first-order valence-electron chi connectivity index (χ1n) is 8.30. The number of carbonyl (C=O) groups is 3. The van der Waals surface area contributed by atoms with E-state index in [1.165, 1.54) is 6.08 Å². The van der Waals surface area contributed by atoms with Crippen LogP contribution in [0.2, 0.25) is 0 Å². The van der Waals surface area contributed by atoms with E-state index in [4.69, 9.17) is 5.73 Å². The van der Waals surface area contributed by atoms with Gasteiger partial charge in [-0.15, -0.1) is 0 Å². The van der Waals surface area contributed by atoms with Crippen LogP contribution in [0.1, 0.15) is 20.8 Å². The molecular formula is C17H24N4O3. The first-order valence-corrected chi connectivity index (χ1v) is 8.30. The number of allylic oxidation sites excluding steroid dienone is 1. The summed E-state index contributed by atoms with van der Waals surface area (Å²) in [5, 5.41) is 0. The summed E-state index contributed by atoms with van der Waals surface area (Å²) < 4.78 is 0. The van der Waals surface area contributed by atoms with Gasteiger partial charge in [-0.05, 0) is 0 Å². The predicted octanol–water partition coefficient (Wildman–Crippen LogP) is -0.302. The maximum Gasteiger partial charge on any atom is 0.227 e. The Morgan fingerprint density at radius 3 is 1.71 bits per heavy atom. The fourth-order valence-electron chi connectivity index (χ4n) is 2.28. The van der Waals surface area contributed by atoms with Crippen LogP contribution in [-0.4, -0.2) is 71.4 Å². The van der Waals surface area contributed by atoms with E-state index in [1.54, 1.807) is 20.8 Å². The Balaban J connectivity index is 0.000000209. The number of hydrogen-bond acceptors (Lipinski definition) is 6. The lowest BCUT2D eigenvalue weighted by Crippen LogP contribution is -2.29. The number of rotatable bonds is 3. The maximum absolute atomic E-state index is 12.4. The Kier molecular flexibility index (Phi) is 3.89. The van der Waals surface area contributed by atoms with Crippen molar-refractivity contribution in [2.75, 3.05) is 39.3 Å². The number of ketones is 2. The number of amides is 1. The van der Waals surface area contributed by atoms with Crippen molar-refractivity contribution >= 4 is 17.5 Å². The predicted molar refractivity (Wildman–Crippen MR) is 88.5 cm³/mol. The van der Waals surface area contributed by atoms with Crippen LogP contribution in [0.5, 0.6) is 0 Å². The van der Waals surface area contributed by atoms with Gasteiger partial charge in [0.05, 0.1) is 5.70 Å². The third-order valence-electron chi connectivity index (χ3n) is 4.23.